The molecular weight excluding hydrogens is 272 g/mol. The summed E-state index contributed by atoms with van der Waals surface area (Å²) in [5.41, 5.74) is 2.76. The number of carboxylic acids is 2. The molecule has 0 aliphatic rings. The zero-order valence-corrected chi connectivity index (χ0v) is 10.3. The quantitative estimate of drug-likeness (QED) is 0.160. The monoisotopic (exact) mass is 278 g/mol. The Kier molecular flexibility index (Phi) is 16.3. The van der Waals surface area contributed by atoms with Crippen molar-refractivity contribution in [1.29, 1.82) is 0 Å². The van der Waals surface area contributed by atoms with Gasteiger partial charge in [0.25, 0.3) is 0 Å². The molecule has 0 saturated heterocycles. The zero-order valence-electron chi connectivity index (χ0n) is 8.13. The van der Waals surface area contributed by atoms with Gasteiger partial charge in [0.05, 0.1) is 0 Å². The number of rotatable bonds is 2. The maximum atomic E-state index is 9.72. The summed E-state index contributed by atoms with van der Waals surface area (Å²) in [7, 11) is 0. The Morgan fingerprint density at radius 3 is 1.12 bits per heavy atom. The first-order valence-electron chi connectivity index (χ1n) is 3.12. The van der Waals surface area contributed by atoms with Crippen molar-refractivity contribution in [2.75, 3.05) is 0 Å². The standard InChI is InChI=1S/2C2H4N2O4.Ca/c2*3-4-8-2(7)1(5)6;/h2*4H,3H2,(H,5,6);/q;;+2/p-2. The number of carbonyl (C=O) groups excluding carboxylic acids is 4. The Hall–Kier alpha value is -1.02. The maximum Gasteiger partial charge on any atom is 2.00 e. The fraction of sp³-hybridized carbons (Fsp3) is 0. The first-order chi connectivity index (χ1) is 7.36. The average Bonchev–Trinajstić information content (AvgIpc) is 2.19. The molecule has 0 aliphatic heterocycles. The number of nitrogens with two attached hydrogens (primary N) is 2. The molecule has 0 saturated carbocycles. The van der Waals surface area contributed by atoms with E-state index in [-0.39, 0.29) is 37.7 Å². The van der Waals surface area contributed by atoms with Crippen LogP contribution in [0.5, 0.6) is 0 Å². The number of aliphatic carboxylic acids is 2. The van der Waals surface area contributed by atoms with Crippen LogP contribution in [-0.4, -0.2) is 61.6 Å². The van der Waals surface area contributed by atoms with E-state index in [9.17, 15) is 29.4 Å². The predicted molar refractivity (Wildman–Crippen MR) is 42.6 cm³/mol. The van der Waals surface area contributed by atoms with Crippen LogP contribution < -0.4 is 33.1 Å². The van der Waals surface area contributed by atoms with Crippen molar-refractivity contribution in [2.45, 2.75) is 0 Å². The summed E-state index contributed by atoms with van der Waals surface area (Å²) >= 11 is 0. The Morgan fingerprint density at radius 2 is 1.06 bits per heavy atom. The van der Waals surface area contributed by atoms with Gasteiger partial charge in [0.15, 0.2) is 11.9 Å². The van der Waals surface area contributed by atoms with Crippen LogP contribution in [-0.2, 0) is 28.9 Å². The average molecular weight is 278 g/mol. The van der Waals surface area contributed by atoms with Crippen LogP contribution in [0, 0.1) is 0 Å². The first-order valence-corrected chi connectivity index (χ1v) is 3.12. The van der Waals surface area contributed by atoms with Gasteiger partial charge in [0, 0.05) is 0 Å². The van der Waals surface area contributed by atoms with Crippen LogP contribution >= 0.6 is 0 Å². The van der Waals surface area contributed by atoms with Gasteiger partial charge in [-0.1, -0.05) is 11.2 Å². The van der Waals surface area contributed by atoms with Crippen molar-refractivity contribution in [2.24, 2.45) is 11.7 Å². The Bertz CT molecular complexity index is 255. The third kappa shape index (κ3) is 15.0. The molecule has 0 atom stereocenters. The van der Waals surface area contributed by atoms with Gasteiger partial charge in [-0.25, -0.2) is 21.3 Å². The minimum absolute atomic E-state index is 0. The summed E-state index contributed by atoms with van der Waals surface area (Å²) < 4.78 is 0. The number of carboxylic acid groups (broad SMARTS) is 2. The second-order valence-electron chi connectivity index (χ2n) is 1.59. The minimum Gasteiger partial charge on any atom is -0.539 e. The number of carbonyl (C=O) groups is 4. The molecule has 0 fully saturated rings. The SMILES string of the molecule is NNOC(=O)C(=O)[O-].NNOC(=O)C(=O)[O-].[Ca+2]. The zero-order chi connectivity index (χ0) is 13.1. The summed E-state index contributed by atoms with van der Waals surface area (Å²) in [6.45, 7) is 0. The van der Waals surface area contributed by atoms with Gasteiger partial charge in [-0.2, -0.15) is 0 Å². The smallest absolute Gasteiger partial charge is 0.539 e. The third-order valence-electron chi connectivity index (χ3n) is 0.637. The normalized spacial score (nSPS) is 7.65. The van der Waals surface area contributed by atoms with Gasteiger partial charge in [-0.05, 0) is 0 Å². The van der Waals surface area contributed by atoms with E-state index in [1.165, 1.54) is 11.2 Å². The minimum atomic E-state index is -1.94. The largest absolute Gasteiger partial charge is 2.00 e. The van der Waals surface area contributed by atoms with Crippen LogP contribution in [0.25, 0.3) is 0 Å². The van der Waals surface area contributed by atoms with Gasteiger partial charge in [0.2, 0.25) is 0 Å². The summed E-state index contributed by atoms with van der Waals surface area (Å²) in [5, 5.41) is 18.8. The molecule has 13 heteroatoms. The van der Waals surface area contributed by atoms with Crippen LogP contribution in [0.3, 0.4) is 0 Å². The fourth-order valence-corrected chi connectivity index (χ4v) is 0.190. The molecule has 0 unspecified atom stereocenters. The Balaban J connectivity index is -0.000000218. The van der Waals surface area contributed by atoms with Crippen LogP contribution in [0.15, 0.2) is 0 Å². The van der Waals surface area contributed by atoms with Gasteiger partial charge in [-0.15, -0.1) is 0 Å². The van der Waals surface area contributed by atoms with Crippen molar-refractivity contribution in [3.63, 3.8) is 0 Å². The topological polar surface area (TPSA) is 209 Å². The van der Waals surface area contributed by atoms with Crippen molar-refractivity contribution >= 4 is 61.6 Å². The molecule has 0 spiro atoms. The van der Waals surface area contributed by atoms with E-state index in [0.29, 0.717) is 0 Å². The number of nitrogens with one attached hydrogen (secondary N) is 2. The van der Waals surface area contributed by atoms with Crippen molar-refractivity contribution in [3.05, 3.63) is 0 Å². The van der Waals surface area contributed by atoms with Gasteiger partial charge in [-0.3, -0.25) is 0 Å². The molecule has 0 radical (unpaired) electrons. The predicted octanol–water partition coefficient (Wildman–Crippen LogP) is -7.07. The summed E-state index contributed by atoms with van der Waals surface area (Å²) in [6, 6.07) is 0. The van der Waals surface area contributed by atoms with Crippen molar-refractivity contribution in [1.82, 2.24) is 11.2 Å². The van der Waals surface area contributed by atoms with Gasteiger partial charge in [0.1, 0.15) is 0 Å². The van der Waals surface area contributed by atoms with Crippen LogP contribution in [0.4, 0.5) is 0 Å². The molecule has 0 rings (SSSR count). The van der Waals surface area contributed by atoms with Crippen molar-refractivity contribution in [3.8, 4) is 0 Å². The summed E-state index contributed by atoms with van der Waals surface area (Å²) in [6.07, 6.45) is 0. The molecule has 0 aromatic heterocycles. The third-order valence-corrected chi connectivity index (χ3v) is 0.637. The summed E-state index contributed by atoms with van der Waals surface area (Å²) in [5.74, 6) is 1.79. The molecular formula is C4H6CaN4O8. The van der Waals surface area contributed by atoms with Crippen LogP contribution in [0.1, 0.15) is 0 Å². The molecule has 0 aromatic carbocycles. The molecule has 92 valence electrons. The molecule has 0 aromatic rings. The van der Waals surface area contributed by atoms with E-state index in [1.807, 2.05) is 0 Å². The molecule has 6 N–H and O–H groups in total. The summed E-state index contributed by atoms with van der Waals surface area (Å²) in [4.78, 5) is 45.3. The molecule has 17 heavy (non-hydrogen) atoms. The fourth-order valence-electron chi connectivity index (χ4n) is 0.190. The van der Waals surface area contributed by atoms with Gasteiger partial charge >= 0.3 is 49.7 Å². The molecule has 0 bridgehead atoms. The first kappa shape index (κ1) is 21.3. The van der Waals surface area contributed by atoms with E-state index >= 15 is 0 Å². The van der Waals surface area contributed by atoms with Crippen LogP contribution in [0.2, 0.25) is 0 Å². The molecule has 0 aliphatic carbocycles. The molecule has 0 heterocycles. The maximum absolute atomic E-state index is 9.72. The Labute approximate surface area is 123 Å². The van der Waals surface area contributed by atoms with E-state index < -0.39 is 23.9 Å². The van der Waals surface area contributed by atoms with E-state index in [1.54, 1.807) is 0 Å². The van der Waals surface area contributed by atoms with E-state index in [4.69, 9.17) is 0 Å². The van der Waals surface area contributed by atoms with E-state index in [0.717, 1.165) is 0 Å². The Morgan fingerprint density at radius 1 is 0.824 bits per heavy atom. The second kappa shape index (κ2) is 13.0. The molecule has 0 amide bonds. The van der Waals surface area contributed by atoms with E-state index in [2.05, 4.69) is 21.4 Å². The number of hydrogen-bond acceptors (Lipinski definition) is 12. The molecule has 12 nitrogen and oxygen atoms in total. The number of hydrogen-bond donors (Lipinski definition) is 4. The second-order valence-corrected chi connectivity index (χ2v) is 1.59. The number of hydrazine groups is 2. The van der Waals surface area contributed by atoms with Gasteiger partial charge < -0.3 is 29.5 Å². The van der Waals surface area contributed by atoms with Crippen molar-refractivity contribution < 1.29 is 39.1 Å².